The van der Waals surface area contributed by atoms with Gasteiger partial charge in [-0.25, -0.2) is 0 Å². The molecule has 0 saturated carbocycles. The predicted octanol–water partition coefficient (Wildman–Crippen LogP) is 9.43. The number of phenolic OH excluding ortho intramolecular Hbond substituents is 2. The quantitative estimate of drug-likeness (QED) is 0.240. The van der Waals surface area contributed by atoms with Gasteiger partial charge in [0.25, 0.3) is 0 Å². The van der Waals surface area contributed by atoms with Gasteiger partial charge in [0.2, 0.25) is 0 Å². The fraction of sp³-hybridized carbons (Fsp3) is 0.556. The van der Waals surface area contributed by atoms with Crippen LogP contribution in [0.15, 0.2) is 43.8 Å². The average molecular weight is 525 g/mol. The Labute approximate surface area is 218 Å². The minimum Gasteiger partial charge on any atom is -0.506 e. The van der Waals surface area contributed by atoms with Crippen molar-refractivity contribution in [2.75, 3.05) is 23.0 Å². The van der Waals surface area contributed by atoms with Gasteiger partial charge in [0.15, 0.2) is 0 Å². The zero-order valence-electron chi connectivity index (χ0n) is 21.0. The van der Waals surface area contributed by atoms with Crippen LogP contribution in [0.5, 0.6) is 11.5 Å². The van der Waals surface area contributed by atoms with Crippen molar-refractivity contribution in [3.8, 4) is 11.5 Å². The Kier molecular flexibility index (Phi) is 12.3. The van der Waals surface area contributed by atoms with Crippen LogP contribution in [0.2, 0.25) is 0 Å². The van der Waals surface area contributed by atoms with Crippen LogP contribution >= 0.6 is 47.0 Å². The molecule has 0 aliphatic carbocycles. The van der Waals surface area contributed by atoms with E-state index in [0.29, 0.717) is 11.5 Å². The molecular formula is C27H40O2S4. The molecule has 0 spiro atoms. The number of benzene rings is 2. The van der Waals surface area contributed by atoms with Crippen LogP contribution in [0.1, 0.15) is 78.4 Å². The topological polar surface area (TPSA) is 40.5 Å². The standard InChI is InChI=1S/C27H40O2S4/c1-7-11-30-21-15-19(16-22(25(21)28)31-12-8-2)27(5,6)20-17-23(32-13-9-3)26(29)24(18-20)33-14-10-4/h15-18,28-29H,7-14H2,1-6H3. The number of aromatic hydroxyl groups is 2. The molecule has 0 bridgehead atoms. The van der Waals surface area contributed by atoms with Crippen molar-refractivity contribution < 1.29 is 10.2 Å². The van der Waals surface area contributed by atoms with Gasteiger partial charge in [0, 0.05) is 5.41 Å². The predicted molar refractivity (Wildman–Crippen MR) is 152 cm³/mol. The van der Waals surface area contributed by atoms with E-state index in [0.717, 1.165) is 68.3 Å². The first kappa shape index (κ1) is 28.7. The third kappa shape index (κ3) is 7.71. The summed E-state index contributed by atoms with van der Waals surface area (Å²) in [5.41, 5.74) is 2.16. The van der Waals surface area contributed by atoms with Crippen LogP contribution in [0.25, 0.3) is 0 Å². The van der Waals surface area contributed by atoms with E-state index in [1.165, 1.54) is 11.1 Å². The highest BCUT2D eigenvalue weighted by atomic mass is 32.2. The molecule has 2 rings (SSSR count). The lowest BCUT2D eigenvalue weighted by Gasteiger charge is -2.29. The fourth-order valence-corrected chi connectivity index (χ4v) is 6.99. The molecule has 0 amide bonds. The average Bonchev–Trinajstić information content (AvgIpc) is 2.80. The second-order valence-electron chi connectivity index (χ2n) is 8.66. The van der Waals surface area contributed by atoms with Crippen molar-refractivity contribution >= 4 is 47.0 Å². The first-order chi connectivity index (χ1) is 15.8. The number of thioether (sulfide) groups is 4. The van der Waals surface area contributed by atoms with Crippen LogP contribution in [-0.4, -0.2) is 33.2 Å². The molecule has 2 aromatic carbocycles. The Hall–Kier alpha value is -0.560. The van der Waals surface area contributed by atoms with Gasteiger partial charge in [0.1, 0.15) is 11.5 Å². The Morgan fingerprint density at radius 2 is 0.788 bits per heavy atom. The first-order valence-electron chi connectivity index (χ1n) is 12.1. The van der Waals surface area contributed by atoms with E-state index >= 15 is 0 Å². The molecule has 0 aromatic heterocycles. The van der Waals surface area contributed by atoms with Crippen LogP contribution in [-0.2, 0) is 5.41 Å². The zero-order valence-corrected chi connectivity index (χ0v) is 24.3. The Balaban J connectivity index is 2.60. The lowest BCUT2D eigenvalue weighted by atomic mass is 9.78. The van der Waals surface area contributed by atoms with Crippen molar-refractivity contribution in [2.24, 2.45) is 0 Å². The van der Waals surface area contributed by atoms with E-state index in [-0.39, 0.29) is 5.41 Å². The molecular weight excluding hydrogens is 485 g/mol. The highest BCUT2D eigenvalue weighted by Gasteiger charge is 2.28. The number of hydrogen-bond acceptors (Lipinski definition) is 6. The maximum atomic E-state index is 10.9. The molecule has 0 saturated heterocycles. The molecule has 2 aromatic rings. The monoisotopic (exact) mass is 524 g/mol. The lowest BCUT2D eigenvalue weighted by molar-refractivity contribution is 0.446. The van der Waals surface area contributed by atoms with E-state index < -0.39 is 0 Å². The second-order valence-corrected chi connectivity index (χ2v) is 13.2. The number of hydrogen-bond donors (Lipinski definition) is 2. The molecule has 2 N–H and O–H groups in total. The van der Waals surface area contributed by atoms with Crippen LogP contribution in [0.3, 0.4) is 0 Å². The van der Waals surface area contributed by atoms with Crippen molar-refractivity contribution in [1.82, 2.24) is 0 Å². The molecule has 33 heavy (non-hydrogen) atoms. The molecule has 0 radical (unpaired) electrons. The summed E-state index contributed by atoms with van der Waals surface area (Å²) in [6.07, 6.45) is 4.29. The van der Waals surface area contributed by atoms with E-state index in [1.807, 2.05) is 0 Å². The molecule has 0 aliphatic rings. The third-order valence-corrected chi connectivity index (χ3v) is 10.3. The van der Waals surface area contributed by atoms with Gasteiger partial charge in [-0.05, 0) is 84.1 Å². The summed E-state index contributed by atoms with van der Waals surface area (Å²) in [5.74, 6) is 4.81. The molecule has 184 valence electrons. The summed E-state index contributed by atoms with van der Waals surface area (Å²) >= 11 is 6.96. The molecule has 0 aliphatic heterocycles. The summed E-state index contributed by atoms with van der Waals surface area (Å²) in [5, 5.41) is 21.9. The summed E-state index contributed by atoms with van der Waals surface area (Å²) in [4.78, 5) is 3.89. The highest BCUT2D eigenvalue weighted by molar-refractivity contribution is 8.00. The van der Waals surface area contributed by atoms with E-state index in [2.05, 4.69) is 65.8 Å². The smallest absolute Gasteiger partial charge is 0.142 e. The van der Waals surface area contributed by atoms with Gasteiger partial charge in [0.05, 0.1) is 19.6 Å². The summed E-state index contributed by atoms with van der Waals surface area (Å²) < 4.78 is 0. The zero-order chi connectivity index (χ0) is 24.4. The third-order valence-electron chi connectivity index (χ3n) is 5.37. The summed E-state index contributed by atoms with van der Waals surface area (Å²) in [6.45, 7) is 13.2. The molecule has 6 heteroatoms. The normalized spacial score (nSPS) is 11.8. The molecule has 0 fully saturated rings. The Morgan fingerprint density at radius 1 is 0.545 bits per heavy atom. The molecule has 0 heterocycles. The highest BCUT2D eigenvalue weighted by Crippen LogP contribution is 2.46. The van der Waals surface area contributed by atoms with Crippen molar-refractivity contribution in [1.29, 1.82) is 0 Å². The van der Waals surface area contributed by atoms with Crippen LogP contribution in [0, 0.1) is 0 Å². The minimum absolute atomic E-state index is 0.256. The molecule has 2 nitrogen and oxygen atoms in total. The van der Waals surface area contributed by atoms with Crippen LogP contribution in [0.4, 0.5) is 0 Å². The van der Waals surface area contributed by atoms with Gasteiger partial charge < -0.3 is 10.2 Å². The van der Waals surface area contributed by atoms with Gasteiger partial charge in [-0.2, -0.15) is 0 Å². The van der Waals surface area contributed by atoms with E-state index in [9.17, 15) is 10.2 Å². The number of rotatable bonds is 14. The van der Waals surface area contributed by atoms with Gasteiger partial charge in [-0.1, -0.05) is 41.5 Å². The molecule has 0 atom stereocenters. The van der Waals surface area contributed by atoms with E-state index in [4.69, 9.17) is 0 Å². The van der Waals surface area contributed by atoms with Crippen molar-refractivity contribution in [2.45, 2.75) is 92.2 Å². The lowest BCUT2D eigenvalue weighted by Crippen LogP contribution is -2.19. The van der Waals surface area contributed by atoms with Gasteiger partial charge >= 0.3 is 0 Å². The summed E-state index contributed by atoms with van der Waals surface area (Å²) in [7, 11) is 0. The SMILES string of the molecule is CCCSc1cc(C(C)(C)c2cc(SCCC)c(O)c(SCCC)c2)cc(SCCC)c1O. The van der Waals surface area contributed by atoms with Crippen molar-refractivity contribution in [3.05, 3.63) is 35.4 Å². The van der Waals surface area contributed by atoms with Gasteiger partial charge in [-0.15, -0.1) is 47.0 Å². The maximum Gasteiger partial charge on any atom is 0.142 e. The van der Waals surface area contributed by atoms with Crippen molar-refractivity contribution in [3.63, 3.8) is 0 Å². The Bertz CT molecular complexity index is 766. The maximum absolute atomic E-state index is 10.9. The fourth-order valence-electron chi connectivity index (χ4n) is 3.34. The molecule has 0 unspecified atom stereocenters. The second kappa shape index (κ2) is 14.1. The van der Waals surface area contributed by atoms with E-state index in [1.54, 1.807) is 47.0 Å². The minimum atomic E-state index is -0.256. The van der Waals surface area contributed by atoms with Crippen LogP contribution < -0.4 is 0 Å². The Morgan fingerprint density at radius 3 is 1.00 bits per heavy atom. The largest absolute Gasteiger partial charge is 0.506 e. The first-order valence-corrected chi connectivity index (χ1v) is 16.0. The summed E-state index contributed by atoms with van der Waals surface area (Å²) in [6, 6.07) is 8.71. The van der Waals surface area contributed by atoms with Gasteiger partial charge in [-0.3, -0.25) is 0 Å². The number of phenols is 2.